The Hall–Kier alpha value is -2.08. The molecule has 0 spiro atoms. The third-order valence-corrected chi connectivity index (χ3v) is 1.77. The molecule has 0 aromatic heterocycles. The Balaban J connectivity index is 2.47. The van der Waals surface area contributed by atoms with Crippen molar-refractivity contribution in [2.24, 2.45) is 4.99 Å². The Morgan fingerprint density at radius 2 is 2.15 bits per heavy atom. The van der Waals surface area contributed by atoms with Crippen LogP contribution in [0.3, 0.4) is 0 Å². The van der Waals surface area contributed by atoms with Crippen LogP contribution in [0.5, 0.6) is 0 Å². The molecule has 1 aromatic carbocycles. The van der Waals surface area contributed by atoms with Gasteiger partial charge in [-0.25, -0.2) is 0 Å². The maximum Gasteiger partial charge on any atom is 0.136 e. The summed E-state index contributed by atoms with van der Waals surface area (Å²) >= 11 is 0. The number of anilines is 1. The molecular weight excluding hydrogens is 162 g/mol. The second-order valence-corrected chi connectivity index (χ2v) is 2.64. The summed E-state index contributed by atoms with van der Waals surface area (Å²) in [6, 6.07) is 9.73. The lowest BCUT2D eigenvalue weighted by molar-refractivity contribution is 1.40. The molecule has 0 unspecified atom stereocenters. The molecule has 0 saturated heterocycles. The van der Waals surface area contributed by atoms with Crippen LogP contribution in [0, 0.1) is 11.3 Å². The summed E-state index contributed by atoms with van der Waals surface area (Å²) in [4.78, 5) is 3.99. The Morgan fingerprint density at radius 3 is 3.00 bits per heavy atom. The summed E-state index contributed by atoms with van der Waals surface area (Å²) in [5.41, 5.74) is 2.36. The third-order valence-electron chi connectivity index (χ3n) is 1.77. The molecule has 1 aliphatic heterocycles. The lowest BCUT2D eigenvalue weighted by atomic mass is 10.2. The van der Waals surface area contributed by atoms with E-state index in [2.05, 4.69) is 10.3 Å². The van der Waals surface area contributed by atoms with Gasteiger partial charge in [-0.1, -0.05) is 18.2 Å². The second kappa shape index (κ2) is 3.11. The zero-order valence-electron chi connectivity index (χ0n) is 6.86. The number of rotatable bonds is 0. The highest BCUT2D eigenvalue weighted by Crippen LogP contribution is 2.17. The SMILES string of the molecule is N#CC1=CN=Cc2ccccc2N1. The van der Waals surface area contributed by atoms with Gasteiger partial charge in [0.1, 0.15) is 11.8 Å². The van der Waals surface area contributed by atoms with E-state index in [4.69, 9.17) is 5.26 Å². The molecule has 1 aliphatic rings. The first kappa shape index (κ1) is 7.56. The number of aliphatic imine (C=N–C) groups is 1. The van der Waals surface area contributed by atoms with Gasteiger partial charge < -0.3 is 5.32 Å². The van der Waals surface area contributed by atoms with Crippen LogP contribution >= 0.6 is 0 Å². The van der Waals surface area contributed by atoms with E-state index in [0.717, 1.165) is 11.3 Å². The van der Waals surface area contributed by atoms with Crippen LogP contribution in [-0.2, 0) is 0 Å². The van der Waals surface area contributed by atoms with E-state index in [1.807, 2.05) is 30.3 Å². The number of benzene rings is 1. The quantitative estimate of drug-likeness (QED) is 0.644. The number of para-hydroxylation sites is 1. The van der Waals surface area contributed by atoms with Crippen molar-refractivity contribution in [1.29, 1.82) is 5.26 Å². The molecule has 0 aliphatic carbocycles. The first-order valence-electron chi connectivity index (χ1n) is 3.89. The Morgan fingerprint density at radius 1 is 1.31 bits per heavy atom. The minimum Gasteiger partial charge on any atom is -0.345 e. The minimum absolute atomic E-state index is 0.459. The van der Waals surface area contributed by atoms with Gasteiger partial charge in [-0.3, -0.25) is 4.99 Å². The highest BCUT2D eigenvalue weighted by molar-refractivity contribution is 5.89. The van der Waals surface area contributed by atoms with Crippen LogP contribution < -0.4 is 5.32 Å². The summed E-state index contributed by atoms with van der Waals surface area (Å²) in [6.45, 7) is 0. The van der Waals surface area contributed by atoms with E-state index in [0.29, 0.717) is 5.70 Å². The van der Waals surface area contributed by atoms with E-state index in [1.54, 1.807) is 6.21 Å². The number of hydrogen-bond acceptors (Lipinski definition) is 3. The molecule has 0 radical (unpaired) electrons. The van der Waals surface area contributed by atoms with Crippen LogP contribution in [0.25, 0.3) is 0 Å². The van der Waals surface area contributed by atoms with Gasteiger partial charge >= 0.3 is 0 Å². The molecule has 0 bridgehead atoms. The average molecular weight is 169 g/mol. The average Bonchev–Trinajstić information content (AvgIpc) is 2.38. The maximum absolute atomic E-state index is 8.69. The normalized spacial score (nSPS) is 13.3. The molecule has 0 fully saturated rings. The van der Waals surface area contributed by atoms with Gasteiger partial charge in [0.25, 0.3) is 0 Å². The number of hydrogen-bond donors (Lipinski definition) is 1. The summed E-state index contributed by atoms with van der Waals surface area (Å²) in [7, 11) is 0. The molecule has 3 heteroatoms. The first-order chi connectivity index (χ1) is 6.40. The monoisotopic (exact) mass is 169 g/mol. The van der Waals surface area contributed by atoms with E-state index >= 15 is 0 Å². The highest BCUT2D eigenvalue weighted by Gasteiger charge is 2.03. The standard InChI is InChI=1S/C10H7N3/c11-5-9-7-12-6-8-3-1-2-4-10(8)13-9/h1-4,6-7,13H. The van der Waals surface area contributed by atoms with Gasteiger partial charge in [-0.05, 0) is 6.07 Å². The predicted molar refractivity (Wildman–Crippen MR) is 51.4 cm³/mol. The zero-order valence-corrected chi connectivity index (χ0v) is 6.86. The van der Waals surface area contributed by atoms with Crippen LogP contribution in [0.2, 0.25) is 0 Å². The fourth-order valence-electron chi connectivity index (χ4n) is 1.15. The van der Waals surface area contributed by atoms with E-state index in [1.165, 1.54) is 6.20 Å². The summed E-state index contributed by atoms with van der Waals surface area (Å²) in [6.07, 6.45) is 3.24. The van der Waals surface area contributed by atoms with E-state index in [9.17, 15) is 0 Å². The fourth-order valence-corrected chi connectivity index (χ4v) is 1.15. The van der Waals surface area contributed by atoms with Crippen molar-refractivity contribution < 1.29 is 0 Å². The van der Waals surface area contributed by atoms with Crippen molar-refractivity contribution >= 4 is 11.9 Å². The number of nitriles is 1. The smallest absolute Gasteiger partial charge is 0.136 e. The van der Waals surface area contributed by atoms with Crippen molar-refractivity contribution in [3.05, 3.63) is 41.7 Å². The largest absolute Gasteiger partial charge is 0.345 e. The van der Waals surface area contributed by atoms with Gasteiger partial charge in [0.2, 0.25) is 0 Å². The lowest BCUT2D eigenvalue weighted by Crippen LogP contribution is -1.97. The molecule has 2 rings (SSSR count). The number of fused-ring (bicyclic) bond motifs is 1. The first-order valence-corrected chi connectivity index (χ1v) is 3.89. The lowest BCUT2D eigenvalue weighted by Gasteiger charge is -2.03. The summed E-state index contributed by atoms with van der Waals surface area (Å²) < 4.78 is 0. The molecular formula is C10H7N3. The van der Waals surface area contributed by atoms with Crippen LogP contribution in [0.4, 0.5) is 5.69 Å². The Bertz CT molecular complexity index is 424. The number of allylic oxidation sites excluding steroid dienone is 1. The van der Waals surface area contributed by atoms with Crippen molar-refractivity contribution in [1.82, 2.24) is 0 Å². The molecule has 62 valence electrons. The molecule has 1 N–H and O–H groups in total. The minimum atomic E-state index is 0.459. The Kier molecular flexibility index (Phi) is 1.81. The summed E-state index contributed by atoms with van der Waals surface area (Å²) in [5.74, 6) is 0. The van der Waals surface area contributed by atoms with Crippen LogP contribution in [0.1, 0.15) is 5.56 Å². The van der Waals surface area contributed by atoms with Crippen molar-refractivity contribution in [3.63, 3.8) is 0 Å². The highest BCUT2D eigenvalue weighted by atomic mass is 14.9. The van der Waals surface area contributed by atoms with E-state index < -0.39 is 0 Å². The molecule has 0 atom stereocenters. The third kappa shape index (κ3) is 1.42. The van der Waals surface area contributed by atoms with Gasteiger partial charge in [-0.2, -0.15) is 5.26 Å². The predicted octanol–water partition coefficient (Wildman–Crippen LogP) is 1.90. The zero-order chi connectivity index (χ0) is 9.10. The molecule has 1 heterocycles. The fraction of sp³-hybridized carbons (Fsp3) is 0. The molecule has 1 aromatic rings. The summed E-state index contributed by atoms with van der Waals surface area (Å²) in [5, 5.41) is 11.7. The van der Waals surface area contributed by atoms with Crippen LogP contribution in [-0.4, -0.2) is 6.21 Å². The van der Waals surface area contributed by atoms with Crippen LogP contribution in [0.15, 0.2) is 41.2 Å². The molecule has 0 saturated carbocycles. The molecule has 0 amide bonds. The Labute approximate surface area is 76.0 Å². The van der Waals surface area contributed by atoms with Gasteiger partial charge in [0.05, 0.1) is 6.20 Å². The molecule has 13 heavy (non-hydrogen) atoms. The van der Waals surface area contributed by atoms with Gasteiger partial charge in [-0.15, -0.1) is 0 Å². The van der Waals surface area contributed by atoms with Crippen molar-refractivity contribution in [2.75, 3.05) is 5.32 Å². The van der Waals surface area contributed by atoms with Gasteiger partial charge in [0, 0.05) is 17.5 Å². The topological polar surface area (TPSA) is 48.2 Å². The van der Waals surface area contributed by atoms with Crippen molar-refractivity contribution in [2.45, 2.75) is 0 Å². The van der Waals surface area contributed by atoms with Gasteiger partial charge in [0.15, 0.2) is 0 Å². The maximum atomic E-state index is 8.69. The van der Waals surface area contributed by atoms with Crippen molar-refractivity contribution in [3.8, 4) is 6.07 Å². The second-order valence-electron chi connectivity index (χ2n) is 2.64. The number of nitrogens with zero attached hydrogens (tertiary/aromatic N) is 2. The number of nitrogens with one attached hydrogen (secondary N) is 1. The van der Waals surface area contributed by atoms with E-state index in [-0.39, 0.29) is 0 Å². The molecule has 3 nitrogen and oxygen atoms in total.